The van der Waals surface area contributed by atoms with Crippen LogP contribution in [0.15, 0.2) is 121 Å². The molecular formula is C43H43NO6P+. The summed E-state index contributed by atoms with van der Waals surface area (Å²) in [4.78, 5) is 19.9. The summed E-state index contributed by atoms with van der Waals surface area (Å²) in [6.45, 7) is 6.78. The molecule has 8 heteroatoms. The van der Waals surface area contributed by atoms with Crippen LogP contribution in [0.3, 0.4) is 0 Å². The van der Waals surface area contributed by atoms with E-state index in [0.717, 1.165) is 10.9 Å². The maximum absolute atomic E-state index is 14.5. The third-order valence-corrected chi connectivity index (χ3v) is 13.2. The van der Waals surface area contributed by atoms with Gasteiger partial charge in [-0.25, -0.2) is 9.78 Å². The van der Waals surface area contributed by atoms with E-state index in [1.807, 2.05) is 69.3 Å². The van der Waals surface area contributed by atoms with Crippen LogP contribution in [-0.4, -0.2) is 45.0 Å². The fourth-order valence-electron chi connectivity index (χ4n) is 6.68. The molecule has 0 radical (unpaired) electrons. The van der Waals surface area contributed by atoms with Crippen LogP contribution in [0.25, 0.3) is 22.0 Å². The Morgan fingerprint density at radius 3 is 1.63 bits per heavy atom. The number of aromatic nitrogens is 1. The Kier molecular flexibility index (Phi) is 11.2. The lowest BCUT2D eigenvalue weighted by Gasteiger charge is -2.29. The van der Waals surface area contributed by atoms with Crippen LogP contribution < -0.4 is 34.9 Å². The Morgan fingerprint density at radius 1 is 0.608 bits per heavy atom. The Labute approximate surface area is 300 Å². The topological polar surface area (TPSA) is 76.1 Å². The highest BCUT2D eigenvalue weighted by Gasteiger charge is 2.47. The maximum atomic E-state index is 14.5. The number of methoxy groups -OCH3 is 2. The summed E-state index contributed by atoms with van der Waals surface area (Å²) >= 11 is 0. The first-order valence-corrected chi connectivity index (χ1v) is 19.2. The summed E-state index contributed by atoms with van der Waals surface area (Å²) in [7, 11) is 0.710. The van der Waals surface area contributed by atoms with E-state index < -0.39 is 13.2 Å². The van der Waals surface area contributed by atoms with Gasteiger partial charge in [0.2, 0.25) is 0 Å². The zero-order valence-electron chi connectivity index (χ0n) is 29.7. The first-order valence-electron chi connectivity index (χ1n) is 17.2. The molecule has 1 heterocycles. The first-order chi connectivity index (χ1) is 25.0. The fraction of sp³-hybridized carbons (Fsp3) is 0.209. The minimum absolute atomic E-state index is 0.200. The molecule has 0 unspecified atom stereocenters. The maximum Gasteiger partial charge on any atom is 0.340 e. The van der Waals surface area contributed by atoms with Crippen molar-refractivity contribution in [1.29, 1.82) is 0 Å². The van der Waals surface area contributed by atoms with E-state index in [1.165, 1.54) is 15.9 Å². The van der Waals surface area contributed by atoms with Gasteiger partial charge in [0.1, 0.15) is 29.3 Å². The van der Waals surface area contributed by atoms with E-state index in [1.54, 1.807) is 14.2 Å². The molecule has 0 N–H and O–H groups in total. The predicted octanol–water partition coefficient (Wildman–Crippen LogP) is 8.39. The van der Waals surface area contributed by atoms with Crippen LogP contribution in [-0.2, 0) is 10.9 Å². The normalized spacial score (nSPS) is 11.2. The zero-order chi connectivity index (χ0) is 35.8. The highest BCUT2D eigenvalue weighted by Crippen LogP contribution is 2.59. The molecule has 0 amide bonds. The lowest BCUT2D eigenvalue weighted by molar-refractivity contribution is 0.0526. The number of hydrogen-bond donors (Lipinski definition) is 0. The Morgan fingerprint density at radius 2 is 1.14 bits per heavy atom. The van der Waals surface area contributed by atoms with Crippen LogP contribution >= 0.6 is 7.26 Å². The Balaban J connectivity index is 1.77. The number of ether oxygens (including phenoxy) is 5. The third kappa shape index (κ3) is 6.99. The van der Waals surface area contributed by atoms with Crippen molar-refractivity contribution in [2.45, 2.75) is 26.9 Å². The number of carbonyl (C=O) groups excluding carboxylic acids is 1. The number of carbonyl (C=O) groups is 1. The SMILES string of the molecule is CCOC(=O)c1c(C[P+](c2ccccc2)(c2ccccc2)c2ccccc2)nc2cc(OCC)c(OCC)cc2c1-c1ccc(OC)c(OC)c1. The molecule has 0 aliphatic rings. The molecule has 0 aliphatic heterocycles. The van der Waals surface area contributed by atoms with Crippen LogP contribution in [0.4, 0.5) is 0 Å². The first kappa shape index (κ1) is 35.4. The summed E-state index contributed by atoms with van der Waals surface area (Å²) in [5, 5.41) is 4.25. The molecule has 6 aromatic rings. The molecule has 0 aliphatic carbocycles. The molecule has 0 spiro atoms. The average Bonchev–Trinajstić information content (AvgIpc) is 3.17. The molecule has 0 saturated carbocycles. The van der Waals surface area contributed by atoms with E-state index in [4.69, 9.17) is 28.7 Å². The van der Waals surface area contributed by atoms with Crippen molar-refractivity contribution < 1.29 is 28.5 Å². The van der Waals surface area contributed by atoms with Crippen molar-refractivity contribution in [1.82, 2.24) is 4.98 Å². The molecule has 0 fully saturated rings. The minimum Gasteiger partial charge on any atom is -0.493 e. The van der Waals surface area contributed by atoms with Crippen molar-refractivity contribution in [2.24, 2.45) is 0 Å². The number of fused-ring (bicyclic) bond motifs is 1. The molecule has 260 valence electrons. The smallest absolute Gasteiger partial charge is 0.340 e. The van der Waals surface area contributed by atoms with Gasteiger partial charge in [-0.3, -0.25) is 0 Å². The average molecular weight is 701 g/mol. The summed E-state index contributed by atoms with van der Waals surface area (Å²) in [6.07, 6.45) is 0.451. The molecule has 0 bridgehead atoms. The van der Waals surface area contributed by atoms with Gasteiger partial charge in [-0.2, -0.15) is 0 Å². The van der Waals surface area contributed by atoms with Gasteiger partial charge in [0.15, 0.2) is 23.0 Å². The van der Waals surface area contributed by atoms with Gasteiger partial charge in [0.25, 0.3) is 0 Å². The Hall–Kier alpha value is -5.39. The predicted molar refractivity (Wildman–Crippen MR) is 207 cm³/mol. The van der Waals surface area contributed by atoms with Gasteiger partial charge in [-0.1, -0.05) is 60.7 Å². The second kappa shape index (κ2) is 16.1. The Bertz CT molecular complexity index is 2010. The molecule has 7 nitrogen and oxygen atoms in total. The van der Waals surface area contributed by atoms with Crippen LogP contribution in [0.1, 0.15) is 36.8 Å². The van der Waals surface area contributed by atoms with Crippen molar-refractivity contribution in [3.63, 3.8) is 0 Å². The molecular weight excluding hydrogens is 657 g/mol. The van der Waals surface area contributed by atoms with Gasteiger partial charge < -0.3 is 23.7 Å². The molecule has 51 heavy (non-hydrogen) atoms. The summed E-state index contributed by atoms with van der Waals surface area (Å²) in [6, 6.07) is 41.2. The zero-order valence-corrected chi connectivity index (χ0v) is 30.6. The van der Waals surface area contributed by atoms with Gasteiger partial charge in [-0.15, -0.1) is 0 Å². The lowest BCUT2D eigenvalue weighted by atomic mass is 9.93. The van der Waals surface area contributed by atoms with Gasteiger partial charge in [0.05, 0.1) is 50.8 Å². The number of benzene rings is 5. The molecule has 0 saturated heterocycles. The standard InChI is InChI=1S/C43H43NO6P/c1-6-48-39-27-34-35(28-40(39)49-7-2)44-36(42(43(45)50-8-3)41(34)30-24-25-37(46-4)38(26-30)47-5)29-51(31-18-12-9-13-19-31,32-20-14-10-15-21-32)33-22-16-11-17-23-33/h9-28H,6-8,29H2,1-5H3/q+1. The van der Waals surface area contributed by atoms with Gasteiger partial charge in [0, 0.05) is 17.0 Å². The quantitative estimate of drug-likeness (QED) is 0.0835. The van der Waals surface area contributed by atoms with Crippen molar-refractivity contribution in [3.05, 3.63) is 133 Å². The lowest BCUT2D eigenvalue weighted by Crippen LogP contribution is -2.33. The highest BCUT2D eigenvalue weighted by molar-refractivity contribution is 7.95. The summed E-state index contributed by atoms with van der Waals surface area (Å²) in [5.74, 6) is 1.81. The second-order valence-corrected chi connectivity index (χ2v) is 15.2. The van der Waals surface area contributed by atoms with Crippen molar-refractivity contribution >= 4 is 40.0 Å². The largest absolute Gasteiger partial charge is 0.493 e. The third-order valence-electron chi connectivity index (χ3n) is 8.85. The molecule has 6 rings (SSSR count). The number of hydrogen-bond acceptors (Lipinski definition) is 7. The molecule has 0 atom stereocenters. The van der Waals surface area contributed by atoms with Gasteiger partial charge in [-0.05, 0) is 80.9 Å². The second-order valence-electron chi connectivity index (χ2n) is 11.8. The summed E-state index contributed by atoms with van der Waals surface area (Å²) in [5.41, 5.74) is 3.12. The summed E-state index contributed by atoms with van der Waals surface area (Å²) < 4.78 is 29.4. The van der Waals surface area contributed by atoms with E-state index in [0.29, 0.717) is 64.7 Å². The monoisotopic (exact) mass is 700 g/mol. The number of pyridine rings is 1. The minimum atomic E-state index is -2.49. The van der Waals surface area contributed by atoms with E-state index in [2.05, 4.69) is 72.8 Å². The number of esters is 1. The van der Waals surface area contributed by atoms with Crippen molar-refractivity contribution in [2.75, 3.05) is 34.0 Å². The van der Waals surface area contributed by atoms with Crippen LogP contribution in [0.2, 0.25) is 0 Å². The van der Waals surface area contributed by atoms with E-state index >= 15 is 0 Å². The number of nitrogens with zero attached hydrogens (tertiary/aromatic N) is 1. The van der Waals surface area contributed by atoms with Crippen molar-refractivity contribution in [3.8, 4) is 34.1 Å². The van der Waals surface area contributed by atoms with E-state index in [-0.39, 0.29) is 6.61 Å². The fourth-order valence-corrected chi connectivity index (χ4v) is 10.8. The van der Waals surface area contributed by atoms with Gasteiger partial charge >= 0.3 is 5.97 Å². The number of rotatable bonds is 14. The highest BCUT2D eigenvalue weighted by atomic mass is 31.2. The van der Waals surface area contributed by atoms with Crippen LogP contribution in [0.5, 0.6) is 23.0 Å². The van der Waals surface area contributed by atoms with E-state index in [9.17, 15) is 4.79 Å². The molecule has 1 aromatic heterocycles. The molecule has 5 aromatic carbocycles. The van der Waals surface area contributed by atoms with Crippen LogP contribution in [0, 0.1) is 0 Å².